The third-order valence-corrected chi connectivity index (χ3v) is 3.98. The van der Waals surface area contributed by atoms with Crippen molar-refractivity contribution in [3.05, 3.63) is 47.1 Å². The summed E-state index contributed by atoms with van der Waals surface area (Å²) in [6.45, 7) is 0. The molecule has 5 nitrogen and oxygen atoms in total. The molecule has 3 N–H and O–H groups in total. The van der Waals surface area contributed by atoms with Gasteiger partial charge in [-0.05, 0) is 30.3 Å². The standard InChI is InChI=1S/C11H10BrN3O2S/c12-8-2-1-3-10(6-8)18(16,17)15-11-5-4-9(13)7-14-11/h1-7H,13H2,(H,14,15). The first-order valence-corrected chi connectivity index (χ1v) is 7.25. The average Bonchev–Trinajstić information content (AvgIpc) is 2.32. The van der Waals surface area contributed by atoms with Crippen LogP contribution in [-0.4, -0.2) is 13.4 Å². The van der Waals surface area contributed by atoms with Crippen LogP contribution in [0.25, 0.3) is 0 Å². The lowest BCUT2D eigenvalue weighted by atomic mass is 10.4. The zero-order valence-electron chi connectivity index (χ0n) is 9.17. The van der Waals surface area contributed by atoms with Crippen molar-refractivity contribution in [1.82, 2.24) is 4.98 Å². The summed E-state index contributed by atoms with van der Waals surface area (Å²) in [5, 5.41) is 0. The first-order chi connectivity index (χ1) is 8.47. The SMILES string of the molecule is Nc1ccc(NS(=O)(=O)c2cccc(Br)c2)nc1. The van der Waals surface area contributed by atoms with Crippen molar-refractivity contribution >= 4 is 37.5 Å². The van der Waals surface area contributed by atoms with E-state index in [4.69, 9.17) is 5.73 Å². The molecule has 0 aliphatic carbocycles. The number of nitrogens with zero attached hydrogens (tertiary/aromatic N) is 1. The van der Waals surface area contributed by atoms with Gasteiger partial charge in [0.25, 0.3) is 10.0 Å². The van der Waals surface area contributed by atoms with Crippen molar-refractivity contribution in [1.29, 1.82) is 0 Å². The fraction of sp³-hybridized carbons (Fsp3) is 0. The lowest BCUT2D eigenvalue weighted by Gasteiger charge is -2.07. The first-order valence-electron chi connectivity index (χ1n) is 4.97. The Morgan fingerprint density at radius 3 is 2.61 bits per heavy atom. The summed E-state index contributed by atoms with van der Waals surface area (Å²) in [4.78, 5) is 4.05. The highest BCUT2D eigenvalue weighted by atomic mass is 79.9. The number of hydrogen-bond donors (Lipinski definition) is 2. The number of benzene rings is 1. The van der Waals surface area contributed by atoms with Crippen molar-refractivity contribution in [2.45, 2.75) is 4.90 Å². The Balaban J connectivity index is 2.30. The largest absolute Gasteiger partial charge is 0.397 e. The van der Waals surface area contributed by atoms with E-state index in [0.717, 1.165) is 0 Å². The summed E-state index contributed by atoms with van der Waals surface area (Å²) in [6, 6.07) is 9.50. The molecule has 0 saturated heterocycles. The number of nitrogens with one attached hydrogen (secondary N) is 1. The van der Waals surface area contributed by atoms with E-state index in [2.05, 4.69) is 25.6 Å². The fourth-order valence-electron chi connectivity index (χ4n) is 1.30. The zero-order chi connectivity index (χ0) is 13.2. The fourth-order valence-corrected chi connectivity index (χ4v) is 2.90. The Kier molecular flexibility index (Phi) is 3.53. The Morgan fingerprint density at radius 2 is 2.00 bits per heavy atom. The topological polar surface area (TPSA) is 85.1 Å². The Bertz CT molecular complexity index is 656. The van der Waals surface area contributed by atoms with Gasteiger partial charge in [0.2, 0.25) is 0 Å². The summed E-state index contributed by atoms with van der Waals surface area (Å²) >= 11 is 3.23. The molecule has 0 amide bonds. The van der Waals surface area contributed by atoms with E-state index in [1.54, 1.807) is 18.2 Å². The van der Waals surface area contributed by atoms with Crippen molar-refractivity contribution in [3.8, 4) is 0 Å². The quantitative estimate of drug-likeness (QED) is 0.905. The predicted molar refractivity (Wildman–Crippen MR) is 73.6 cm³/mol. The number of anilines is 2. The van der Waals surface area contributed by atoms with Gasteiger partial charge in [0, 0.05) is 4.47 Å². The van der Waals surface area contributed by atoms with Gasteiger partial charge >= 0.3 is 0 Å². The monoisotopic (exact) mass is 327 g/mol. The highest BCUT2D eigenvalue weighted by molar-refractivity contribution is 9.10. The molecule has 1 heterocycles. The molecule has 0 aliphatic rings. The molecule has 0 unspecified atom stereocenters. The molecule has 0 aliphatic heterocycles. The van der Waals surface area contributed by atoms with Crippen LogP contribution in [0.5, 0.6) is 0 Å². The summed E-state index contributed by atoms with van der Waals surface area (Å²) < 4.78 is 27.1. The number of pyridine rings is 1. The molecule has 1 aromatic heterocycles. The summed E-state index contributed by atoms with van der Waals surface area (Å²) in [7, 11) is -3.63. The van der Waals surface area contributed by atoms with E-state index in [1.807, 2.05) is 0 Å². The molecule has 2 rings (SSSR count). The lowest BCUT2D eigenvalue weighted by molar-refractivity contribution is 0.601. The molecule has 0 saturated carbocycles. The predicted octanol–water partition coefficient (Wildman–Crippen LogP) is 2.23. The molecule has 0 fully saturated rings. The van der Waals surface area contributed by atoms with Crippen LogP contribution < -0.4 is 10.5 Å². The zero-order valence-corrected chi connectivity index (χ0v) is 11.6. The molecule has 7 heteroatoms. The molecule has 0 spiro atoms. The minimum atomic E-state index is -3.63. The number of nitrogen functional groups attached to an aromatic ring is 1. The molecule has 1 aromatic carbocycles. The van der Waals surface area contributed by atoms with Crippen LogP contribution in [0.3, 0.4) is 0 Å². The number of rotatable bonds is 3. The normalized spacial score (nSPS) is 11.2. The van der Waals surface area contributed by atoms with Gasteiger partial charge in [-0.25, -0.2) is 13.4 Å². The maximum Gasteiger partial charge on any atom is 0.263 e. The van der Waals surface area contributed by atoms with Gasteiger partial charge in [0.1, 0.15) is 5.82 Å². The Morgan fingerprint density at radius 1 is 1.22 bits per heavy atom. The molecular weight excluding hydrogens is 318 g/mol. The average molecular weight is 328 g/mol. The van der Waals surface area contributed by atoms with E-state index in [-0.39, 0.29) is 10.7 Å². The van der Waals surface area contributed by atoms with Crippen LogP contribution in [0.2, 0.25) is 0 Å². The summed E-state index contributed by atoms with van der Waals surface area (Å²) in [5.41, 5.74) is 5.95. The van der Waals surface area contributed by atoms with Crippen LogP contribution in [0.1, 0.15) is 0 Å². The minimum absolute atomic E-state index is 0.163. The Labute approximate surface area is 113 Å². The van der Waals surface area contributed by atoms with Gasteiger partial charge in [-0.3, -0.25) is 4.72 Å². The minimum Gasteiger partial charge on any atom is -0.397 e. The van der Waals surface area contributed by atoms with Crippen molar-refractivity contribution < 1.29 is 8.42 Å². The van der Waals surface area contributed by atoms with Crippen molar-refractivity contribution in [2.24, 2.45) is 0 Å². The molecule has 18 heavy (non-hydrogen) atoms. The van der Waals surface area contributed by atoms with E-state index in [1.165, 1.54) is 24.4 Å². The van der Waals surface area contributed by atoms with E-state index in [0.29, 0.717) is 10.2 Å². The second-order valence-corrected chi connectivity index (χ2v) is 6.14. The van der Waals surface area contributed by atoms with Crippen molar-refractivity contribution in [3.63, 3.8) is 0 Å². The molecule has 0 radical (unpaired) electrons. The molecule has 0 bridgehead atoms. The van der Waals surface area contributed by atoms with Gasteiger partial charge in [0.15, 0.2) is 0 Å². The molecule has 2 aromatic rings. The highest BCUT2D eigenvalue weighted by Gasteiger charge is 2.14. The maximum absolute atomic E-state index is 12.0. The van der Waals surface area contributed by atoms with Crippen LogP contribution in [-0.2, 0) is 10.0 Å². The van der Waals surface area contributed by atoms with Crippen molar-refractivity contribution in [2.75, 3.05) is 10.5 Å². The Hall–Kier alpha value is -1.60. The molecule has 94 valence electrons. The molecule has 0 atom stereocenters. The van der Waals surface area contributed by atoms with Crippen LogP contribution in [0.4, 0.5) is 11.5 Å². The number of nitrogens with two attached hydrogens (primary N) is 1. The lowest BCUT2D eigenvalue weighted by Crippen LogP contribution is -2.13. The van der Waals surface area contributed by atoms with Gasteiger partial charge in [-0.1, -0.05) is 22.0 Å². The van der Waals surface area contributed by atoms with Crippen LogP contribution >= 0.6 is 15.9 Å². The highest BCUT2D eigenvalue weighted by Crippen LogP contribution is 2.18. The number of halogens is 1. The van der Waals surface area contributed by atoms with Gasteiger partial charge in [-0.2, -0.15) is 0 Å². The van der Waals surface area contributed by atoms with E-state index < -0.39 is 10.0 Å². The summed E-state index contributed by atoms with van der Waals surface area (Å²) in [6.07, 6.45) is 1.39. The molecular formula is C11H10BrN3O2S. The second-order valence-electron chi connectivity index (χ2n) is 3.54. The summed E-state index contributed by atoms with van der Waals surface area (Å²) in [5.74, 6) is 0.226. The second kappa shape index (κ2) is 4.95. The van der Waals surface area contributed by atoms with Gasteiger partial charge in [-0.15, -0.1) is 0 Å². The van der Waals surface area contributed by atoms with Crippen LogP contribution in [0.15, 0.2) is 52.0 Å². The smallest absolute Gasteiger partial charge is 0.263 e. The third-order valence-electron chi connectivity index (χ3n) is 2.13. The number of aromatic nitrogens is 1. The number of hydrogen-bond acceptors (Lipinski definition) is 4. The van der Waals surface area contributed by atoms with Gasteiger partial charge < -0.3 is 5.73 Å². The van der Waals surface area contributed by atoms with Crippen LogP contribution in [0, 0.1) is 0 Å². The van der Waals surface area contributed by atoms with E-state index in [9.17, 15) is 8.42 Å². The number of sulfonamides is 1. The third kappa shape index (κ3) is 2.99. The first kappa shape index (κ1) is 12.8. The van der Waals surface area contributed by atoms with Gasteiger partial charge in [0.05, 0.1) is 16.8 Å². The van der Waals surface area contributed by atoms with E-state index >= 15 is 0 Å². The maximum atomic E-state index is 12.0.